The molecule has 8 heteroatoms. The van der Waals surface area contributed by atoms with Crippen molar-refractivity contribution < 1.29 is 14.6 Å². The second-order valence-corrected chi connectivity index (χ2v) is 7.32. The highest BCUT2D eigenvalue weighted by Crippen LogP contribution is 2.35. The first-order chi connectivity index (χ1) is 14.1. The van der Waals surface area contributed by atoms with Crippen LogP contribution in [-0.4, -0.2) is 50.5 Å². The summed E-state index contributed by atoms with van der Waals surface area (Å²) in [5.41, 5.74) is 1.67. The van der Waals surface area contributed by atoms with Gasteiger partial charge in [0.1, 0.15) is 11.9 Å². The lowest BCUT2D eigenvalue weighted by Crippen LogP contribution is -2.39. The van der Waals surface area contributed by atoms with E-state index in [9.17, 15) is 9.90 Å². The van der Waals surface area contributed by atoms with Gasteiger partial charge in [0.05, 0.1) is 17.8 Å². The Balaban J connectivity index is 1.72. The van der Waals surface area contributed by atoms with Gasteiger partial charge in [0, 0.05) is 43.8 Å². The van der Waals surface area contributed by atoms with E-state index in [-0.39, 0.29) is 18.2 Å². The van der Waals surface area contributed by atoms with Crippen LogP contribution in [0.4, 0.5) is 5.69 Å². The molecule has 29 heavy (non-hydrogen) atoms. The van der Waals surface area contributed by atoms with Crippen LogP contribution in [0.2, 0.25) is 0 Å². The van der Waals surface area contributed by atoms with Crippen LogP contribution in [0.15, 0.2) is 36.7 Å². The summed E-state index contributed by atoms with van der Waals surface area (Å²) in [4.78, 5) is 19.0. The van der Waals surface area contributed by atoms with Gasteiger partial charge in [-0.1, -0.05) is 18.2 Å². The van der Waals surface area contributed by atoms with Gasteiger partial charge < -0.3 is 19.3 Å². The number of fused-ring (bicyclic) bond motifs is 1. The van der Waals surface area contributed by atoms with Crippen LogP contribution in [0.5, 0.6) is 0 Å². The lowest BCUT2D eigenvalue weighted by molar-refractivity contribution is 0.0518. The van der Waals surface area contributed by atoms with Crippen LogP contribution in [-0.2, 0) is 11.8 Å². The number of aromatic nitrogens is 4. The quantitative estimate of drug-likeness (QED) is 0.663. The molecule has 3 aromatic rings. The molecule has 1 saturated heterocycles. The van der Waals surface area contributed by atoms with Crippen molar-refractivity contribution in [1.82, 2.24) is 19.7 Å². The van der Waals surface area contributed by atoms with Crippen molar-refractivity contribution in [3.05, 3.63) is 48.2 Å². The molecule has 1 aliphatic rings. The number of esters is 1. The molecule has 1 fully saturated rings. The third kappa shape index (κ3) is 3.67. The van der Waals surface area contributed by atoms with Crippen LogP contribution in [0, 0.1) is 5.92 Å². The van der Waals surface area contributed by atoms with Crippen molar-refractivity contribution in [2.45, 2.75) is 25.9 Å². The zero-order valence-electron chi connectivity index (χ0n) is 16.7. The van der Waals surface area contributed by atoms with Crippen molar-refractivity contribution in [2.75, 3.05) is 24.6 Å². The minimum Gasteiger partial charge on any atom is -0.461 e. The predicted molar refractivity (Wildman–Crippen MR) is 109 cm³/mol. The van der Waals surface area contributed by atoms with E-state index < -0.39 is 12.1 Å². The first-order valence-corrected chi connectivity index (χ1v) is 9.93. The van der Waals surface area contributed by atoms with Gasteiger partial charge in [-0.2, -0.15) is 0 Å². The Morgan fingerprint density at radius 3 is 2.93 bits per heavy atom. The number of ether oxygens (including phenoxy) is 1. The number of aliphatic hydroxyl groups is 1. The second-order valence-electron chi connectivity index (χ2n) is 7.32. The summed E-state index contributed by atoms with van der Waals surface area (Å²) in [5.74, 6) is 0.166. The van der Waals surface area contributed by atoms with Gasteiger partial charge in [-0.05, 0) is 25.8 Å². The fourth-order valence-electron chi connectivity index (χ4n) is 4.04. The maximum Gasteiger partial charge on any atom is 0.361 e. The van der Waals surface area contributed by atoms with Gasteiger partial charge >= 0.3 is 5.97 Å². The standard InChI is InChI=1S/C21H25N5O3/c1-3-29-21(28)17-18(15-8-4-5-9-16(15)23-24-17)26-11-6-7-14(13-26)19(27)20-22-10-12-25(20)2/h4-5,8-10,12,14,19,27H,3,6-7,11,13H2,1-2H3. The molecule has 4 rings (SSSR count). The van der Waals surface area contributed by atoms with E-state index in [1.165, 1.54) is 0 Å². The second kappa shape index (κ2) is 8.16. The van der Waals surface area contributed by atoms with E-state index in [4.69, 9.17) is 4.74 Å². The fraction of sp³-hybridized carbons (Fsp3) is 0.429. The molecule has 2 aromatic heterocycles. The van der Waals surface area contributed by atoms with Crippen molar-refractivity contribution in [3.8, 4) is 0 Å². The molecule has 1 aromatic carbocycles. The molecule has 0 aliphatic carbocycles. The van der Waals surface area contributed by atoms with Gasteiger partial charge in [0.15, 0.2) is 5.69 Å². The Morgan fingerprint density at radius 2 is 2.17 bits per heavy atom. The monoisotopic (exact) mass is 395 g/mol. The average molecular weight is 395 g/mol. The van der Waals surface area contributed by atoms with Crippen molar-refractivity contribution in [3.63, 3.8) is 0 Å². The number of imidazole rings is 1. The molecule has 1 N–H and O–H groups in total. The minimum atomic E-state index is -0.676. The first-order valence-electron chi connectivity index (χ1n) is 9.93. The third-order valence-corrected chi connectivity index (χ3v) is 5.45. The maximum atomic E-state index is 12.6. The van der Waals surface area contributed by atoms with Gasteiger partial charge in [-0.15, -0.1) is 10.2 Å². The van der Waals surface area contributed by atoms with E-state index in [2.05, 4.69) is 20.1 Å². The Kier molecular flexibility index (Phi) is 5.44. The Morgan fingerprint density at radius 1 is 1.34 bits per heavy atom. The van der Waals surface area contributed by atoms with Crippen LogP contribution < -0.4 is 4.90 Å². The molecule has 3 heterocycles. The molecular formula is C21H25N5O3. The van der Waals surface area contributed by atoms with Gasteiger partial charge in [0.2, 0.25) is 0 Å². The number of anilines is 1. The summed E-state index contributed by atoms with van der Waals surface area (Å²) in [5, 5.41) is 20.2. The average Bonchev–Trinajstić information content (AvgIpc) is 3.18. The highest BCUT2D eigenvalue weighted by molar-refractivity contribution is 6.03. The number of carbonyl (C=O) groups excluding carboxylic acids is 1. The topological polar surface area (TPSA) is 93.4 Å². The number of benzene rings is 1. The fourth-order valence-corrected chi connectivity index (χ4v) is 4.04. The molecule has 2 unspecified atom stereocenters. The number of aliphatic hydroxyl groups excluding tert-OH is 1. The maximum absolute atomic E-state index is 12.6. The summed E-state index contributed by atoms with van der Waals surface area (Å²) in [6.45, 7) is 3.40. The molecule has 2 atom stereocenters. The molecule has 0 bridgehead atoms. The lowest BCUT2D eigenvalue weighted by atomic mass is 9.91. The van der Waals surface area contributed by atoms with E-state index in [1.807, 2.05) is 42.1 Å². The van der Waals surface area contributed by atoms with Crippen molar-refractivity contribution in [1.29, 1.82) is 0 Å². The normalized spacial score (nSPS) is 18.0. The van der Waals surface area contributed by atoms with Crippen LogP contribution in [0.1, 0.15) is 42.2 Å². The first kappa shape index (κ1) is 19.3. The number of hydrogen-bond donors (Lipinski definition) is 1. The molecule has 0 radical (unpaired) electrons. The number of rotatable bonds is 5. The summed E-state index contributed by atoms with van der Waals surface area (Å²) >= 11 is 0. The zero-order chi connectivity index (χ0) is 20.4. The number of aryl methyl sites for hydroxylation is 1. The predicted octanol–water partition coefficient (Wildman–Crippen LogP) is 2.49. The number of piperidine rings is 1. The molecule has 1 aliphatic heterocycles. The summed E-state index contributed by atoms with van der Waals surface area (Å²) in [7, 11) is 1.88. The van der Waals surface area contributed by atoms with Crippen LogP contribution >= 0.6 is 0 Å². The number of carbonyl (C=O) groups is 1. The Hall–Kier alpha value is -3.00. The van der Waals surface area contributed by atoms with E-state index in [0.29, 0.717) is 12.4 Å². The minimum absolute atomic E-state index is 0.00757. The van der Waals surface area contributed by atoms with Crippen molar-refractivity contribution in [2.24, 2.45) is 13.0 Å². The summed E-state index contributed by atoms with van der Waals surface area (Å²) in [6.07, 6.45) is 4.63. The van der Waals surface area contributed by atoms with Crippen molar-refractivity contribution >= 4 is 22.6 Å². The summed E-state index contributed by atoms with van der Waals surface area (Å²) < 4.78 is 7.07. The van der Waals surface area contributed by atoms with Crippen LogP contribution in [0.25, 0.3) is 10.9 Å². The number of hydrogen-bond acceptors (Lipinski definition) is 7. The van der Waals surface area contributed by atoms with Gasteiger partial charge in [0.25, 0.3) is 0 Å². The van der Waals surface area contributed by atoms with Crippen LogP contribution in [0.3, 0.4) is 0 Å². The zero-order valence-corrected chi connectivity index (χ0v) is 16.7. The highest BCUT2D eigenvalue weighted by atomic mass is 16.5. The molecular weight excluding hydrogens is 370 g/mol. The Bertz CT molecular complexity index is 1020. The molecule has 8 nitrogen and oxygen atoms in total. The van der Waals surface area contributed by atoms with E-state index in [1.54, 1.807) is 13.1 Å². The van der Waals surface area contributed by atoms with Gasteiger partial charge in [-0.3, -0.25) is 0 Å². The molecule has 0 saturated carbocycles. The molecule has 0 spiro atoms. The number of nitrogens with zero attached hydrogens (tertiary/aromatic N) is 5. The molecule has 0 amide bonds. The lowest BCUT2D eigenvalue weighted by Gasteiger charge is -2.37. The highest BCUT2D eigenvalue weighted by Gasteiger charge is 2.32. The Labute approximate surface area is 169 Å². The van der Waals surface area contributed by atoms with Gasteiger partial charge in [-0.25, -0.2) is 9.78 Å². The molecule has 152 valence electrons. The summed E-state index contributed by atoms with van der Waals surface area (Å²) in [6, 6.07) is 7.65. The van der Waals surface area contributed by atoms with E-state index >= 15 is 0 Å². The third-order valence-electron chi connectivity index (χ3n) is 5.45. The SMILES string of the molecule is CCOC(=O)c1nnc2ccccc2c1N1CCCC(C(O)c2nccn2C)C1. The van der Waals surface area contributed by atoms with E-state index in [0.717, 1.165) is 36.0 Å². The largest absolute Gasteiger partial charge is 0.461 e. The smallest absolute Gasteiger partial charge is 0.361 e.